The number of imide groups is 1. The molecule has 1 aromatic carbocycles. The van der Waals surface area contributed by atoms with Crippen molar-refractivity contribution in [2.45, 2.75) is 32.0 Å². The van der Waals surface area contributed by atoms with Crippen LogP contribution in [0.4, 0.5) is 10.5 Å². The number of nitrogens with zero attached hydrogens (tertiary/aromatic N) is 1. The third-order valence-electron chi connectivity index (χ3n) is 4.25. The lowest BCUT2D eigenvalue weighted by atomic mass is 10.0. The maximum absolute atomic E-state index is 12.7. The molecule has 2 aliphatic heterocycles. The fraction of sp³-hybridized carbons (Fsp3) is 0.333. The van der Waals surface area contributed by atoms with E-state index < -0.39 is 18.0 Å². The monoisotopic (exact) mass is 332 g/mol. The van der Waals surface area contributed by atoms with Crippen LogP contribution in [-0.4, -0.2) is 39.9 Å². The molecule has 1 fully saturated rings. The number of nitrogens with two attached hydrogens (primary N) is 1. The van der Waals surface area contributed by atoms with Crippen LogP contribution in [0.2, 0.25) is 0 Å². The molecule has 24 heavy (non-hydrogen) atoms. The predicted octanol–water partition coefficient (Wildman–Crippen LogP) is -0.203. The van der Waals surface area contributed by atoms with Crippen LogP contribution in [0.5, 0.6) is 0 Å². The first-order chi connectivity index (χ1) is 11.4. The Kier molecular flexibility index (Phi) is 3.84. The van der Waals surface area contributed by atoms with E-state index in [-0.39, 0.29) is 43.4 Å². The molecule has 0 radical (unpaired) electrons. The van der Waals surface area contributed by atoms with E-state index in [0.717, 1.165) is 0 Å². The van der Waals surface area contributed by atoms with Gasteiger partial charge in [0.1, 0.15) is 6.04 Å². The van der Waals surface area contributed by atoms with Crippen molar-refractivity contribution in [2.24, 2.45) is 0 Å². The summed E-state index contributed by atoms with van der Waals surface area (Å²) in [7, 11) is 0. The van der Waals surface area contributed by atoms with Crippen molar-refractivity contribution in [3.05, 3.63) is 28.8 Å². The molecule has 1 aromatic rings. The van der Waals surface area contributed by atoms with Gasteiger partial charge in [0.2, 0.25) is 11.8 Å². The standard InChI is InChI=1S/C15H16N4O5/c16-12-7(5-17-15(23)24)1-2-8-6-19(14(22)11(8)12)9-3-4-10(20)18-13(9)21/h1-2,9,17H,3-6,16H2,(H,23,24)(H,18,20,21). The average molecular weight is 332 g/mol. The molecule has 9 nitrogen and oxygen atoms in total. The Labute approximate surface area is 136 Å². The molecule has 9 heteroatoms. The van der Waals surface area contributed by atoms with Gasteiger partial charge in [-0.25, -0.2) is 4.79 Å². The molecule has 4 amide bonds. The van der Waals surface area contributed by atoms with Crippen molar-refractivity contribution in [3.8, 4) is 0 Å². The van der Waals surface area contributed by atoms with Crippen LogP contribution in [0, 0.1) is 0 Å². The maximum atomic E-state index is 12.7. The number of carboxylic acid groups (broad SMARTS) is 1. The number of hydrogen-bond donors (Lipinski definition) is 4. The van der Waals surface area contributed by atoms with Crippen molar-refractivity contribution >= 4 is 29.5 Å². The van der Waals surface area contributed by atoms with E-state index in [4.69, 9.17) is 10.8 Å². The van der Waals surface area contributed by atoms with Crippen molar-refractivity contribution < 1.29 is 24.3 Å². The lowest BCUT2D eigenvalue weighted by Crippen LogP contribution is -2.52. The molecular formula is C15H16N4O5. The van der Waals surface area contributed by atoms with E-state index in [2.05, 4.69) is 10.6 Å². The number of amides is 4. The van der Waals surface area contributed by atoms with Crippen LogP contribution in [0.15, 0.2) is 12.1 Å². The van der Waals surface area contributed by atoms with Gasteiger partial charge < -0.3 is 21.1 Å². The fourth-order valence-electron chi connectivity index (χ4n) is 3.05. The van der Waals surface area contributed by atoms with Crippen LogP contribution >= 0.6 is 0 Å². The molecule has 0 bridgehead atoms. The summed E-state index contributed by atoms with van der Waals surface area (Å²) in [6.07, 6.45) is -0.733. The SMILES string of the molecule is Nc1c(CNC(=O)O)ccc2c1C(=O)N(C1CCC(=O)NC1=O)C2. The topological polar surface area (TPSA) is 142 Å². The molecule has 0 aromatic heterocycles. The largest absolute Gasteiger partial charge is 0.465 e. The number of benzene rings is 1. The first kappa shape index (κ1) is 15.8. The molecular weight excluding hydrogens is 316 g/mol. The molecule has 3 rings (SSSR count). The Bertz CT molecular complexity index is 760. The first-order valence-corrected chi connectivity index (χ1v) is 7.40. The van der Waals surface area contributed by atoms with Crippen molar-refractivity contribution in [3.63, 3.8) is 0 Å². The number of carbonyl (C=O) groups is 4. The van der Waals surface area contributed by atoms with E-state index in [1.807, 2.05) is 0 Å². The second-order valence-electron chi connectivity index (χ2n) is 5.73. The van der Waals surface area contributed by atoms with E-state index in [1.54, 1.807) is 12.1 Å². The zero-order valence-corrected chi connectivity index (χ0v) is 12.7. The summed E-state index contributed by atoms with van der Waals surface area (Å²) in [5.41, 5.74) is 7.71. The molecule has 5 N–H and O–H groups in total. The van der Waals surface area contributed by atoms with Crippen LogP contribution in [0.25, 0.3) is 0 Å². The first-order valence-electron chi connectivity index (χ1n) is 7.40. The maximum Gasteiger partial charge on any atom is 0.404 e. The van der Waals surface area contributed by atoms with Crippen molar-refractivity contribution in [2.75, 3.05) is 5.73 Å². The van der Waals surface area contributed by atoms with E-state index >= 15 is 0 Å². The quantitative estimate of drug-likeness (QED) is 0.446. The number of carbonyl (C=O) groups excluding carboxylic acids is 3. The Morgan fingerprint density at radius 1 is 1.38 bits per heavy atom. The van der Waals surface area contributed by atoms with E-state index in [9.17, 15) is 19.2 Å². The van der Waals surface area contributed by atoms with Gasteiger partial charge in [0.15, 0.2) is 0 Å². The summed E-state index contributed by atoms with van der Waals surface area (Å²) in [6, 6.07) is 2.65. The molecule has 1 atom stereocenters. The molecule has 2 aliphatic rings. The summed E-state index contributed by atoms with van der Waals surface area (Å²) in [4.78, 5) is 47.9. The van der Waals surface area contributed by atoms with Crippen LogP contribution in [-0.2, 0) is 22.7 Å². The number of anilines is 1. The predicted molar refractivity (Wildman–Crippen MR) is 81.8 cm³/mol. The molecule has 0 saturated carbocycles. The van der Waals surface area contributed by atoms with Gasteiger partial charge in [0.25, 0.3) is 5.91 Å². The number of piperidine rings is 1. The van der Waals surface area contributed by atoms with E-state index in [0.29, 0.717) is 16.7 Å². The van der Waals surface area contributed by atoms with Crippen molar-refractivity contribution in [1.29, 1.82) is 0 Å². The van der Waals surface area contributed by atoms with Crippen LogP contribution < -0.4 is 16.4 Å². The minimum Gasteiger partial charge on any atom is -0.465 e. The van der Waals surface area contributed by atoms with Gasteiger partial charge >= 0.3 is 6.09 Å². The van der Waals surface area contributed by atoms with Crippen molar-refractivity contribution in [1.82, 2.24) is 15.5 Å². The Morgan fingerprint density at radius 2 is 2.12 bits per heavy atom. The average Bonchev–Trinajstić information content (AvgIpc) is 2.84. The summed E-state index contributed by atoms with van der Waals surface area (Å²) >= 11 is 0. The van der Waals surface area contributed by atoms with Gasteiger partial charge in [-0.05, 0) is 17.5 Å². The summed E-state index contributed by atoms with van der Waals surface area (Å²) < 4.78 is 0. The molecule has 1 unspecified atom stereocenters. The van der Waals surface area contributed by atoms with Gasteiger partial charge in [-0.3, -0.25) is 19.7 Å². The Morgan fingerprint density at radius 3 is 2.79 bits per heavy atom. The minimum atomic E-state index is -1.19. The van der Waals surface area contributed by atoms with Gasteiger partial charge in [0.05, 0.1) is 5.56 Å². The highest BCUT2D eigenvalue weighted by Gasteiger charge is 2.40. The highest BCUT2D eigenvalue weighted by atomic mass is 16.4. The van der Waals surface area contributed by atoms with Crippen LogP contribution in [0.3, 0.4) is 0 Å². The Hall–Kier alpha value is -3.10. The smallest absolute Gasteiger partial charge is 0.404 e. The van der Waals surface area contributed by atoms with E-state index in [1.165, 1.54) is 4.90 Å². The Balaban J connectivity index is 1.85. The van der Waals surface area contributed by atoms with Gasteiger partial charge in [-0.2, -0.15) is 0 Å². The number of rotatable bonds is 3. The summed E-state index contributed by atoms with van der Waals surface area (Å²) in [5.74, 6) is -1.21. The third-order valence-corrected chi connectivity index (χ3v) is 4.25. The third kappa shape index (κ3) is 2.64. The second-order valence-corrected chi connectivity index (χ2v) is 5.73. The zero-order valence-electron chi connectivity index (χ0n) is 12.7. The molecule has 0 aliphatic carbocycles. The molecule has 126 valence electrons. The highest BCUT2D eigenvalue weighted by Crippen LogP contribution is 2.32. The zero-order chi connectivity index (χ0) is 17.4. The number of nitrogens with one attached hydrogen (secondary N) is 2. The number of nitrogen functional groups attached to an aromatic ring is 1. The molecule has 1 saturated heterocycles. The fourth-order valence-corrected chi connectivity index (χ4v) is 3.05. The van der Waals surface area contributed by atoms with Gasteiger partial charge in [-0.15, -0.1) is 0 Å². The van der Waals surface area contributed by atoms with Gasteiger partial charge in [0, 0.05) is 25.2 Å². The minimum absolute atomic E-state index is 0.0137. The second kappa shape index (κ2) is 5.84. The lowest BCUT2D eigenvalue weighted by molar-refractivity contribution is -0.136. The van der Waals surface area contributed by atoms with Crippen LogP contribution in [0.1, 0.15) is 34.3 Å². The highest BCUT2D eigenvalue weighted by molar-refractivity contribution is 6.07. The summed E-state index contributed by atoms with van der Waals surface area (Å²) in [5, 5.41) is 13.1. The lowest BCUT2D eigenvalue weighted by Gasteiger charge is -2.29. The molecule has 2 heterocycles. The number of fused-ring (bicyclic) bond motifs is 1. The molecule has 0 spiro atoms. The van der Waals surface area contributed by atoms with Gasteiger partial charge in [-0.1, -0.05) is 12.1 Å². The summed E-state index contributed by atoms with van der Waals surface area (Å²) in [6.45, 7) is 0.220. The normalized spacial score (nSPS) is 19.9. The number of hydrogen-bond acceptors (Lipinski definition) is 5.